The Morgan fingerprint density at radius 1 is 1.20 bits per heavy atom. The first kappa shape index (κ1) is 10.7. The van der Waals surface area contributed by atoms with Crippen LogP contribution in [0.4, 0.5) is 0 Å². The molecule has 2 N–H and O–H groups in total. The van der Waals surface area contributed by atoms with Gasteiger partial charge in [0, 0.05) is 13.1 Å². The van der Waals surface area contributed by atoms with Crippen LogP contribution < -0.4 is 5.32 Å². The molecule has 0 bridgehead atoms. The molecule has 1 aliphatic heterocycles. The highest BCUT2D eigenvalue weighted by Crippen LogP contribution is 2.34. The van der Waals surface area contributed by atoms with Crippen LogP contribution in [-0.4, -0.2) is 18.2 Å². The van der Waals surface area contributed by atoms with Gasteiger partial charge >= 0.3 is 0 Å². The van der Waals surface area contributed by atoms with Gasteiger partial charge in [-0.1, -0.05) is 45.0 Å². The van der Waals surface area contributed by atoms with Gasteiger partial charge in [-0.15, -0.1) is 0 Å². The minimum absolute atomic E-state index is 0.0852. The summed E-state index contributed by atoms with van der Waals surface area (Å²) in [4.78, 5) is 0. The summed E-state index contributed by atoms with van der Waals surface area (Å²) in [7, 11) is 0. The van der Waals surface area contributed by atoms with Crippen molar-refractivity contribution in [3.8, 4) is 0 Å². The molecule has 0 aliphatic carbocycles. The highest BCUT2D eigenvalue weighted by Gasteiger charge is 2.39. The van der Waals surface area contributed by atoms with Crippen molar-refractivity contribution >= 4 is 0 Å². The van der Waals surface area contributed by atoms with E-state index in [0.717, 1.165) is 5.56 Å². The zero-order chi connectivity index (χ0) is 11.1. The number of benzene rings is 1. The van der Waals surface area contributed by atoms with Crippen molar-refractivity contribution in [2.75, 3.05) is 13.1 Å². The Kier molecular flexibility index (Phi) is 2.36. The van der Waals surface area contributed by atoms with Gasteiger partial charge in [0.25, 0.3) is 0 Å². The van der Waals surface area contributed by atoms with Crippen molar-refractivity contribution < 1.29 is 5.11 Å². The predicted octanol–water partition coefficient (Wildman–Crippen LogP) is 1.77. The van der Waals surface area contributed by atoms with Crippen molar-refractivity contribution in [3.63, 3.8) is 0 Å². The Labute approximate surface area is 91.3 Å². The number of hydrogen-bond acceptors (Lipinski definition) is 2. The molecule has 0 amide bonds. The van der Waals surface area contributed by atoms with E-state index in [9.17, 15) is 5.11 Å². The minimum Gasteiger partial charge on any atom is -0.382 e. The maximum Gasteiger partial charge on any atom is 0.115 e. The van der Waals surface area contributed by atoms with Crippen LogP contribution in [0.15, 0.2) is 24.3 Å². The first-order valence-electron chi connectivity index (χ1n) is 5.47. The number of hydrogen-bond donors (Lipinski definition) is 2. The first-order chi connectivity index (χ1) is 6.93. The van der Waals surface area contributed by atoms with Gasteiger partial charge < -0.3 is 10.4 Å². The van der Waals surface area contributed by atoms with Crippen LogP contribution in [0.25, 0.3) is 0 Å². The molecule has 2 heteroatoms. The SMILES string of the molecule is CC(C)(C)c1ccccc1C1(O)CNC1. The molecule has 2 nitrogen and oxygen atoms in total. The normalized spacial score (nSPS) is 19.7. The Morgan fingerprint density at radius 2 is 1.80 bits per heavy atom. The van der Waals surface area contributed by atoms with E-state index in [4.69, 9.17) is 0 Å². The lowest BCUT2D eigenvalue weighted by atomic mass is 9.76. The molecule has 0 unspecified atom stereocenters. The van der Waals surface area contributed by atoms with Gasteiger partial charge in [0.05, 0.1) is 0 Å². The molecule has 1 aromatic rings. The average Bonchev–Trinajstić information content (AvgIpc) is 2.13. The molecule has 15 heavy (non-hydrogen) atoms. The Bertz CT molecular complexity index is 361. The molecule has 0 atom stereocenters. The third-order valence-corrected chi connectivity index (χ3v) is 3.07. The average molecular weight is 205 g/mol. The van der Waals surface area contributed by atoms with Gasteiger partial charge in [-0.05, 0) is 16.5 Å². The maximum atomic E-state index is 10.4. The third-order valence-electron chi connectivity index (χ3n) is 3.07. The second kappa shape index (κ2) is 3.32. The first-order valence-corrected chi connectivity index (χ1v) is 5.47. The Hall–Kier alpha value is -0.860. The quantitative estimate of drug-likeness (QED) is 0.732. The van der Waals surface area contributed by atoms with Crippen LogP contribution in [0, 0.1) is 0 Å². The van der Waals surface area contributed by atoms with Gasteiger partial charge in [0.1, 0.15) is 5.60 Å². The van der Waals surface area contributed by atoms with Crippen molar-refractivity contribution in [3.05, 3.63) is 35.4 Å². The summed E-state index contributed by atoms with van der Waals surface area (Å²) in [5.74, 6) is 0. The molecular formula is C13H19NO. The summed E-state index contributed by atoms with van der Waals surface area (Å²) < 4.78 is 0. The molecule has 2 rings (SSSR count). The smallest absolute Gasteiger partial charge is 0.115 e. The molecule has 0 aromatic heterocycles. The molecule has 82 valence electrons. The zero-order valence-electron chi connectivity index (χ0n) is 9.67. The van der Waals surface area contributed by atoms with E-state index in [1.807, 2.05) is 18.2 Å². The fourth-order valence-corrected chi connectivity index (χ4v) is 2.10. The summed E-state index contributed by atoms with van der Waals surface area (Å²) in [6, 6.07) is 8.20. The van der Waals surface area contributed by atoms with Gasteiger partial charge in [-0.2, -0.15) is 0 Å². The Balaban J connectivity index is 2.47. The number of rotatable bonds is 1. The van der Waals surface area contributed by atoms with Crippen molar-refractivity contribution in [2.45, 2.75) is 31.8 Å². The van der Waals surface area contributed by atoms with Crippen molar-refractivity contribution in [1.82, 2.24) is 5.32 Å². The molecule has 0 spiro atoms. The summed E-state index contributed by atoms with van der Waals surface area (Å²) in [6.45, 7) is 7.88. The van der Waals surface area contributed by atoms with E-state index in [1.165, 1.54) is 5.56 Å². The van der Waals surface area contributed by atoms with E-state index in [2.05, 4.69) is 32.2 Å². The number of β-amino-alcohol motifs (C(OH)–C–C–N with tert-alkyl or cyclic N) is 1. The zero-order valence-corrected chi connectivity index (χ0v) is 9.67. The third kappa shape index (κ3) is 1.80. The molecule has 0 saturated carbocycles. The monoisotopic (exact) mass is 205 g/mol. The molecule has 1 fully saturated rings. The van der Waals surface area contributed by atoms with Crippen molar-refractivity contribution in [2.24, 2.45) is 0 Å². The standard InChI is InChI=1S/C13H19NO/c1-12(2,3)10-6-4-5-7-11(10)13(15)8-14-9-13/h4-7,14-15H,8-9H2,1-3H3. The fraction of sp³-hybridized carbons (Fsp3) is 0.538. The van der Waals surface area contributed by atoms with Crippen LogP contribution >= 0.6 is 0 Å². The summed E-state index contributed by atoms with van der Waals surface area (Å²) in [5.41, 5.74) is 1.76. The second-order valence-corrected chi connectivity index (χ2v) is 5.43. The van der Waals surface area contributed by atoms with Crippen LogP contribution in [0.5, 0.6) is 0 Å². The lowest BCUT2D eigenvalue weighted by molar-refractivity contribution is -0.0160. The number of nitrogens with one attached hydrogen (secondary N) is 1. The van der Waals surface area contributed by atoms with E-state index < -0.39 is 5.60 Å². The summed E-state index contributed by atoms with van der Waals surface area (Å²) in [5, 5.41) is 13.5. The second-order valence-electron chi connectivity index (χ2n) is 5.43. The van der Waals surface area contributed by atoms with E-state index in [0.29, 0.717) is 13.1 Å². The van der Waals surface area contributed by atoms with Crippen molar-refractivity contribution in [1.29, 1.82) is 0 Å². The predicted molar refractivity (Wildman–Crippen MR) is 61.9 cm³/mol. The van der Waals surface area contributed by atoms with E-state index >= 15 is 0 Å². The largest absolute Gasteiger partial charge is 0.382 e. The maximum absolute atomic E-state index is 10.4. The van der Waals surface area contributed by atoms with Gasteiger partial charge in [0.15, 0.2) is 0 Å². The van der Waals surface area contributed by atoms with E-state index in [-0.39, 0.29) is 5.41 Å². The highest BCUT2D eigenvalue weighted by atomic mass is 16.3. The lowest BCUT2D eigenvalue weighted by Gasteiger charge is -2.41. The number of aliphatic hydroxyl groups is 1. The van der Waals surface area contributed by atoms with Gasteiger partial charge in [-0.3, -0.25) is 0 Å². The lowest BCUT2D eigenvalue weighted by Crippen LogP contribution is -2.57. The van der Waals surface area contributed by atoms with Crippen LogP contribution in [0.3, 0.4) is 0 Å². The fourth-order valence-electron chi connectivity index (χ4n) is 2.10. The highest BCUT2D eigenvalue weighted by molar-refractivity contribution is 5.39. The molecule has 1 aliphatic rings. The summed E-state index contributed by atoms with van der Waals surface area (Å²) >= 11 is 0. The Morgan fingerprint density at radius 3 is 2.27 bits per heavy atom. The van der Waals surface area contributed by atoms with Gasteiger partial charge in [-0.25, -0.2) is 0 Å². The van der Waals surface area contributed by atoms with E-state index in [1.54, 1.807) is 0 Å². The molecular weight excluding hydrogens is 186 g/mol. The summed E-state index contributed by atoms with van der Waals surface area (Å²) in [6.07, 6.45) is 0. The molecule has 0 radical (unpaired) electrons. The van der Waals surface area contributed by atoms with Gasteiger partial charge in [0.2, 0.25) is 0 Å². The van der Waals surface area contributed by atoms with Crippen LogP contribution in [-0.2, 0) is 11.0 Å². The topological polar surface area (TPSA) is 32.3 Å². The molecule has 1 saturated heterocycles. The van der Waals surface area contributed by atoms with Crippen LogP contribution in [0.1, 0.15) is 31.9 Å². The van der Waals surface area contributed by atoms with Crippen LogP contribution in [0.2, 0.25) is 0 Å². The molecule has 1 heterocycles. The minimum atomic E-state index is -0.649. The molecule has 1 aromatic carbocycles.